The molecule has 41 heavy (non-hydrogen) atoms. The van der Waals surface area contributed by atoms with Crippen molar-refractivity contribution >= 4 is 28.6 Å². The van der Waals surface area contributed by atoms with Crippen LogP contribution in [0.25, 0.3) is 16.9 Å². The molecular formula is C28H31FN10O2. The fraction of sp³-hybridized carbons (Fsp3) is 0.357. The third-order valence-electron chi connectivity index (χ3n) is 7.75. The van der Waals surface area contributed by atoms with E-state index in [-0.39, 0.29) is 17.9 Å². The Labute approximate surface area is 235 Å². The SMILES string of the molecule is CO[C@]1(C(=O)N[C@@H](C)c2ccc(-n3cc(F)cn3)nc2)CC[C@H](c2nc(Nc3cc(C)[nH]n3)c3cc[nH]c3n2)CC1. The van der Waals surface area contributed by atoms with Crippen LogP contribution in [0.5, 0.6) is 0 Å². The predicted octanol–water partition coefficient (Wildman–Crippen LogP) is 4.37. The van der Waals surface area contributed by atoms with E-state index in [1.54, 1.807) is 19.4 Å². The summed E-state index contributed by atoms with van der Waals surface area (Å²) in [6, 6.07) is 7.12. The number of halogens is 1. The fourth-order valence-corrected chi connectivity index (χ4v) is 5.33. The van der Waals surface area contributed by atoms with E-state index < -0.39 is 11.4 Å². The van der Waals surface area contributed by atoms with Gasteiger partial charge in [0.1, 0.15) is 22.9 Å². The van der Waals surface area contributed by atoms with E-state index >= 15 is 0 Å². The Kier molecular flexibility index (Phi) is 6.95. The largest absolute Gasteiger partial charge is 0.368 e. The van der Waals surface area contributed by atoms with Gasteiger partial charge < -0.3 is 20.4 Å². The molecule has 6 rings (SSSR count). The van der Waals surface area contributed by atoms with Gasteiger partial charge in [-0.1, -0.05) is 6.07 Å². The lowest BCUT2D eigenvalue weighted by Crippen LogP contribution is -2.50. The molecule has 0 radical (unpaired) electrons. The van der Waals surface area contributed by atoms with E-state index in [1.165, 1.54) is 10.9 Å². The molecule has 1 aliphatic rings. The van der Waals surface area contributed by atoms with Gasteiger partial charge in [0.2, 0.25) is 0 Å². The fourth-order valence-electron chi connectivity index (χ4n) is 5.33. The number of aromatic nitrogens is 8. The summed E-state index contributed by atoms with van der Waals surface area (Å²) in [6.45, 7) is 3.83. The minimum Gasteiger partial charge on any atom is -0.368 e. The van der Waals surface area contributed by atoms with Gasteiger partial charge in [0, 0.05) is 37.2 Å². The molecule has 1 amide bonds. The van der Waals surface area contributed by atoms with Crippen LogP contribution in [-0.2, 0) is 9.53 Å². The van der Waals surface area contributed by atoms with Crippen LogP contribution in [-0.4, -0.2) is 58.5 Å². The molecule has 5 heterocycles. The van der Waals surface area contributed by atoms with Gasteiger partial charge >= 0.3 is 0 Å². The van der Waals surface area contributed by atoms with Crippen LogP contribution in [0.3, 0.4) is 0 Å². The Morgan fingerprint density at radius 2 is 2.05 bits per heavy atom. The van der Waals surface area contributed by atoms with Crippen LogP contribution in [0, 0.1) is 12.7 Å². The van der Waals surface area contributed by atoms with Gasteiger partial charge in [-0.2, -0.15) is 10.2 Å². The number of amides is 1. The standard InChI is InChI=1S/C28H31FN10O2/c1-16-12-22(38-37-16)34-26-21-8-11-30-25(21)35-24(36-26)18-6-9-28(41-3,10-7-18)27(40)33-17(2)19-4-5-23(31-13-19)39-15-20(29)14-32-39/h4-5,8,11-15,17-18H,6-7,9-10H2,1-3H3,(H,33,40)(H3,30,34,35,36,37,38)/t17-,18-,28+/m0/s1. The summed E-state index contributed by atoms with van der Waals surface area (Å²) in [5.74, 6) is 2.04. The number of pyridine rings is 1. The number of fused-ring (bicyclic) bond motifs is 1. The van der Waals surface area contributed by atoms with E-state index in [2.05, 4.69) is 35.9 Å². The number of hydrogen-bond acceptors (Lipinski definition) is 8. The van der Waals surface area contributed by atoms with Crippen molar-refractivity contribution < 1.29 is 13.9 Å². The highest BCUT2D eigenvalue weighted by molar-refractivity contribution is 5.89. The third kappa shape index (κ3) is 5.27. The monoisotopic (exact) mass is 558 g/mol. The van der Waals surface area contributed by atoms with E-state index in [9.17, 15) is 9.18 Å². The van der Waals surface area contributed by atoms with Gasteiger partial charge in [-0.05, 0) is 57.2 Å². The minimum absolute atomic E-state index is 0.0709. The lowest BCUT2D eigenvalue weighted by atomic mass is 9.77. The maximum absolute atomic E-state index is 13.5. The second-order valence-corrected chi connectivity index (χ2v) is 10.5. The van der Waals surface area contributed by atoms with Crippen molar-refractivity contribution in [2.75, 3.05) is 12.4 Å². The number of H-pyrrole nitrogens is 2. The summed E-state index contributed by atoms with van der Waals surface area (Å²) >= 11 is 0. The second kappa shape index (κ2) is 10.7. The van der Waals surface area contributed by atoms with Crippen LogP contribution in [0.2, 0.25) is 0 Å². The molecule has 5 aromatic heterocycles. The van der Waals surface area contributed by atoms with Gasteiger partial charge in [-0.3, -0.25) is 9.89 Å². The number of rotatable bonds is 8. The average molecular weight is 559 g/mol. The molecule has 0 saturated heterocycles. The summed E-state index contributed by atoms with van der Waals surface area (Å²) in [6.07, 6.45) is 8.32. The molecule has 1 saturated carbocycles. The second-order valence-electron chi connectivity index (χ2n) is 10.5. The van der Waals surface area contributed by atoms with Gasteiger partial charge in [0.05, 0.1) is 23.8 Å². The Balaban J connectivity index is 1.13. The lowest BCUT2D eigenvalue weighted by Gasteiger charge is -2.38. The number of anilines is 2. The number of nitrogens with one attached hydrogen (secondary N) is 4. The van der Waals surface area contributed by atoms with Gasteiger partial charge in [0.15, 0.2) is 17.5 Å². The zero-order valence-electron chi connectivity index (χ0n) is 23.0. The van der Waals surface area contributed by atoms with Gasteiger partial charge in [0.25, 0.3) is 5.91 Å². The van der Waals surface area contributed by atoms with Crippen LogP contribution in [0.15, 0.2) is 49.1 Å². The molecular weight excluding hydrogens is 527 g/mol. The van der Waals surface area contributed by atoms with Crippen LogP contribution in [0.4, 0.5) is 16.0 Å². The van der Waals surface area contributed by atoms with Crippen LogP contribution < -0.4 is 10.6 Å². The molecule has 0 aromatic carbocycles. The molecule has 212 valence electrons. The van der Waals surface area contributed by atoms with Crippen molar-refractivity contribution in [3.05, 3.63) is 72.0 Å². The van der Waals surface area contributed by atoms with Gasteiger partial charge in [-0.25, -0.2) is 24.0 Å². The van der Waals surface area contributed by atoms with Crippen LogP contribution >= 0.6 is 0 Å². The number of aromatic amines is 2. The Morgan fingerprint density at radius 3 is 2.71 bits per heavy atom. The normalized spacial score (nSPS) is 19.8. The lowest BCUT2D eigenvalue weighted by molar-refractivity contribution is -0.148. The number of hydrogen-bond donors (Lipinski definition) is 4. The van der Waals surface area contributed by atoms with Crippen molar-refractivity contribution in [2.45, 2.75) is 57.1 Å². The molecule has 1 atom stereocenters. The number of carbonyl (C=O) groups is 1. The zero-order valence-corrected chi connectivity index (χ0v) is 23.0. The Morgan fingerprint density at radius 1 is 1.22 bits per heavy atom. The quantitative estimate of drug-likeness (QED) is 0.219. The molecule has 1 aliphatic carbocycles. The molecule has 12 nitrogen and oxygen atoms in total. The van der Waals surface area contributed by atoms with E-state index in [0.717, 1.165) is 34.3 Å². The maximum Gasteiger partial charge on any atom is 0.252 e. The minimum atomic E-state index is -0.950. The van der Waals surface area contributed by atoms with Gasteiger partial charge in [-0.15, -0.1) is 0 Å². The summed E-state index contributed by atoms with van der Waals surface area (Å²) in [5.41, 5.74) is 1.56. The molecule has 0 aliphatic heterocycles. The van der Waals surface area contributed by atoms with Crippen molar-refractivity contribution in [2.24, 2.45) is 0 Å². The van der Waals surface area contributed by atoms with Crippen molar-refractivity contribution in [3.8, 4) is 5.82 Å². The molecule has 0 spiro atoms. The average Bonchev–Trinajstić information content (AvgIpc) is 3.74. The van der Waals surface area contributed by atoms with E-state index in [0.29, 0.717) is 43.1 Å². The molecule has 1 fully saturated rings. The molecule has 5 aromatic rings. The highest BCUT2D eigenvalue weighted by Gasteiger charge is 2.43. The smallest absolute Gasteiger partial charge is 0.252 e. The van der Waals surface area contributed by atoms with Crippen molar-refractivity contribution in [1.82, 2.24) is 45.2 Å². The van der Waals surface area contributed by atoms with E-state index in [1.807, 2.05) is 38.2 Å². The Bertz CT molecular complexity index is 1670. The number of methoxy groups -OCH3 is 1. The maximum atomic E-state index is 13.5. The summed E-state index contributed by atoms with van der Waals surface area (Å²) in [5, 5.41) is 18.4. The molecule has 4 N–H and O–H groups in total. The highest BCUT2D eigenvalue weighted by atomic mass is 19.1. The number of aryl methyl sites for hydroxylation is 1. The number of ether oxygens (including phenoxy) is 1. The van der Waals surface area contributed by atoms with Crippen molar-refractivity contribution in [1.29, 1.82) is 0 Å². The molecule has 13 heteroatoms. The first kappa shape index (κ1) is 26.6. The predicted molar refractivity (Wildman–Crippen MR) is 149 cm³/mol. The van der Waals surface area contributed by atoms with Crippen LogP contribution in [0.1, 0.15) is 61.6 Å². The number of carbonyl (C=O) groups excluding carboxylic acids is 1. The molecule has 0 unspecified atom stereocenters. The summed E-state index contributed by atoms with van der Waals surface area (Å²) in [7, 11) is 1.58. The first-order valence-corrected chi connectivity index (χ1v) is 13.5. The third-order valence-corrected chi connectivity index (χ3v) is 7.75. The summed E-state index contributed by atoms with van der Waals surface area (Å²) < 4.78 is 20.5. The van der Waals surface area contributed by atoms with E-state index in [4.69, 9.17) is 14.7 Å². The first-order valence-electron chi connectivity index (χ1n) is 13.5. The first-order chi connectivity index (χ1) is 19.8. The highest BCUT2D eigenvalue weighted by Crippen LogP contribution is 2.40. The molecule has 0 bridgehead atoms. The topological polar surface area (TPSA) is 151 Å². The Hall–Kier alpha value is -4.65. The zero-order chi connectivity index (χ0) is 28.6. The number of nitrogens with zero attached hydrogens (tertiary/aromatic N) is 6. The summed E-state index contributed by atoms with van der Waals surface area (Å²) in [4.78, 5) is 30.7. The van der Waals surface area contributed by atoms with Crippen molar-refractivity contribution in [3.63, 3.8) is 0 Å².